The summed E-state index contributed by atoms with van der Waals surface area (Å²) in [7, 11) is 1.32. The lowest BCUT2D eigenvalue weighted by Gasteiger charge is -2.34. The van der Waals surface area contributed by atoms with Gasteiger partial charge in [0.15, 0.2) is 0 Å². The number of thioether (sulfide) groups is 1. The van der Waals surface area contributed by atoms with Crippen molar-refractivity contribution in [1.29, 1.82) is 0 Å². The molecule has 1 aliphatic heterocycles. The maximum atomic E-state index is 14.0. The van der Waals surface area contributed by atoms with E-state index in [4.69, 9.17) is 9.47 Å². The molecule has 0 aromatic heterocycles. The van der Waals surface area contributed by atoms with Crippen LogP contribution in [0.3, 0.4) is 0 Å². The number of methoxy groups -OCH3 is 1. The van der Waals surface area contributed by atoms with Crippen molar-refractivity contribution in [2.75, 3.05) is 32.3 Å². The summed E-state index contributed by atoms with van der Waals surface area (Å²) in [6, 6.07) is 16.6. The number of halogens is 2. The van der Waals surface area contributed by atoms with Crippen LogP contribution < -0.4 is 5.32 Å². The van der Waals surface area contributed by atoms with Crippen LogP contribution in [0.4, 0.5) is 8.78 Å². The van der Waals surface area contributed by atoms with Gasteiger partial charge in [-0.25, -0.2) is 13.6 Å². The summed E-state index contributed by atoms with van der Waals surface area (Å²) >= 11 is 1.59. The molecule has 3 aromatic rings. The van der Waals surface area contributed by atoms with E-state index in [2.05, 4.69) is 10.2 Å². The molecule has 224 valence electrons. The largest absolute Gasteiger partial charge is 0.467 e. The minimum Gasteiger partial charge on any atom is -0.467 e. The molecule has 1 aliphatic rings. The summed E-state index contributed by atoms with van der Waals surface area (Å²) in [5.74, 6) is -1.34. The number of benzene rings is 3. The van der Waals surface area contributed by atoms with Crippen molar-refractivity contribution in [3.63, 3.8) is 0 Å². The van der Waals surface area contributed by atoms with Crippen molar-refractivity contribution in [3.8, 4) is 11.1 Å². The Labute approximate surface area is 250 Å². The second-order valence-electron chi connectivity index (χ2n) is 10.6. The second kappa shape index (κ2) is 15.3. The van der Waals surface area contributed by atoms with Gasteiger partial charge in [0.05, 0.1) is 7.11 Å². The topological polar surface area (TPSA) is 67.9 Å². The number of rotatable bonds is 12. The molecule has 3 aromatic carbocycles. The number of ether oxygens (including phenoxy) is 2. The van der Waals surface area contributed by atoms with Crippen molar-refractivity contribution in [3.05, 3.63) is 94.6 Å². The SMILES string of the molecule is COC(=O)[C@H](CCSC)NC(=O)c1ccc(CN(Cc2cc(F)cc(F)c2)C2CCOCC2)cc1-c1ccccc1C. The average Bonchev–Trinajstić information content (AvgIpc) is 2.98. The van der Waals surface area contributed by atoms with Gasteiger partial charge in [-0.15, -0.1) is 0 Å². The van der Waals surface area contributed by atoms with Gasteiger partial charge in [0.2, 0.25) is 0 Å². The molecule has 1 heterocycles. The number of aryl methyl sites for hydroxylation is 1. The van der Waals surface area contributed by atoms with E-state index in [1.165, 1.54) is 19.2 Å². The summed E-state index contributed by atoms with van der Waals surface area (Å²) < 4.78 is 38.6. The van der Waals surface area contributed by atoms with Crippen LogP contribution in [0.15, 0.2) is 60.7 Å². The van der Waals surface area contributed by atoms with Gasteiger partial charge in [-0.05, 0) is 90.3 Å². The van der Waals surface area contributed by atoms with Gasteiger partial charge in [0, 0.05) is 44.0 Å². The Hall–Kier alpha value is -3.27. The van der Waals surface area contributed by atoms with E-state index in [1.54, 1.807) is 17.8 Å². The molecule has 0 unspecified atom stereocenters. The van der Waals surface area contributed by atoms with Crippen molar-refractivity contribution in [2.45, 2.75) is 51.4 Å². The van der Waals surface area contributed by atoms with Gasteiger partial charge < -0.3 is 14.8 Å². The molecular weight excluding hydrogens is 558 g/mol. The number of esters is 1. The van der Waals surface area contributed by atoms with Crippen molar-refractivity contribution in [1.82, 2.24) is 10.2 Å². The highest BCUT2D eigenvalue weighted by atomic mass is 32.2. The molecule has 4 rings (SSSR count). The van der Waals surface area contributed by atoms with Crippen LogP contribution in [0.1, 0.15) is 46.3 Å². The van der Waals surface area contributed by atoms with E-state index < -0.39 is 23.6 Å². The van der Waals surface area contributed by atoms with E-state index in [1.807, 2.05) is 49.6 Å². The number of hydrogen-bond acceptors (Lipinski definition) is 6. The van der Waals surface area contributed by atoms with E-state index in [9.17, 15) is 18.4 Å². The zero-order valence-electron chi connectivity index (χ0n) is 24.3. The third-order valence-corrected chi connectivity index (χ3v) is 8.21. The van der Waals surface area contributed by atoms with Crippen LogP contribution in [-0.2, 0) is 27.4 Å². The van der Waals surface area contributed by atoms with Gasteiger partial charge in [-0.2, -0.15) is 11.8 Å². The van der Waals surface area contributed by atoms with Crippen LogP contribution in [0.25, 0.3) is 11.1 Å². The zero-order valence-corrected chi connectivity index (χ0v) is 25.1. The standard InChI is InChI=1S/C33H38F2N2O4S/c1-22-6-4-5-7-28(22)30-18-23(8-9-29(30)32(38)36-31(12-15-42-3)33(39)40-2)20-37(27-10-13-41-14-11-27)21-24-16-25(34)19-26(35)17-24/h4-9,16-19,27,31H,10-15,20-21H2,1-3H3,(H,36,38)/t31-/m0/s1. The van der Waals surface area contributed by atoms with Crippen LogP contribution in [0.5, 0.6) is 0 Å². The zero-order chi connectivity index (χ0) is 30.1. The first-order valence-electron chi connectivity index (χ1n) is 14.1. The van der Waals surface area contributed by atoms with Crippen molar-refractivity contribution >= 4 is 23.6 Å². The molecule has 42 heavy (non-hydrogen) atoms. The highest BCUT2D eigenvalue weighted by Gasteiger charge is 2.26. The number of nitrogens with zero attached hydrogens (tertiary/aromatic N) is 1. The Bertz CT molecular complexity index is 1360. The minimum absolute atomic E-state index is 0.173. The summed E-state index contributed by atoms with van der Waals surface area (Å²) in [5, 5.41) is 2.88. The van der Waals surface area contributed by atoms with E-state index >= 15 is 0 Å². The lowest BCUT2D eigenvalue weighted by Crippen LogP contribution is -2.42. The molecular formula is C33H38F2N2O4S. The van der Waals surface area contributed by atoms with E-state index in [0.717, 1.165) is 41.2 Å². The molecule has 0 bridgehead atoms. The molecule has 0 saturated carbocycles. The number of amides is 1. The van der Waals surface area contributed by atoms with Gasteiger partial charge >= 0.3 is 5.97 Å². The third kappa shape index (κ3) is 8.40. The Morgan fingerprint density at radius 2 is 1.69 bits per heavy atom. The summed E-state index contributed by atoms with van der Waals surface area (Å²) in [6.07, 6.45) is 4.03. The molecule has 1 amide bonds. The molecule has 1 saturated heterocycles. The van der Waals surface area contributed by atoms with Gasteiger partial charge in [0.25, 0.3) is 5.91 Å². The molecule has 1 atom stereocenters. The normalized spacial score (nSPS) is 14.5. The summed E-state index contributed by atoms with van der Waals surface area (Å²) in [5.41, 5.74) is 4.64. The van der Waals surface area contributed by atoms with Gasteiger partial charge in [-0.1, -0.05) is 30.3 Å². The molecule has 1 fully saturated rings. The minimum atomic E-state index is -0.755. The molecule has 0 radical (unpaired) electrons. The fourth-order valence-corrected chi connectivity index (χ4v) is 5.86. The number of carbonyl (C=O) groups excluding carboxylic acids is 2. The highest BCUT2D eigenvalue weighted by molar-refractivity contribution is 7.98. The maximum Gasteiger partial charge on any atom is 0.328 e. The fraction of sp³-hybridized carbons (Fsp3) is 0.394. The lowest BCUT2D eigenvalue weighted by molar-refractivity contribution is -0.142. The predicted molar refractivity (Wildman–Crippen MR) is 162 cm³/mol. The van der Waals surface area contributed by atoms with E-state index in [-0.39, 0.29) is 11.9 Å². The van der Waals surface area contributed by atoms with Crippen LogP contribution >= 0.6 is 11.8 Å². The first-order valence-corrected chi connectivity index (χ1v) is 15.5. The molecule has 6 nitrogen and oxygen atoms in total. The monoisotopic (exact) mass is 596 g/mol. The maximum absolute atomic E-state index is 14.0. The quantitative estimate of drug-likeness (QED) is 0.253. The number of carbonyl (C=O) groups is 2. The first-order chi connectivity index (χ1) is 20.3. The fourth-order valence-electron chi connectivity index (χ4n) is 5.38. The highest BCUT2D eigenvalue weighted by Crippen LogP contribution is 2.30. The smallest absolute Gasteiger partial charge is 0.328 e. The molecule has 0 spiro atoms. The van der Waals surface area contributed by atoms with E-state index in [0.29, 0.717) is 49.6 Å². The molecule has 0 aliphatic carbocycles. The summed E-state index contributed by atoms with van der Waals surface area (Å²) in [6.45, 7) is 4.14. The average molecular weight is 597 g/mol. The van der Waals surface area contributed by atoms with Crippen molar-refractivity contribution < 1.29 is 27.8 Å². The van der Waals surface area contributed by atoms with Crippen molar-refractivity contribution in [2.24, 2.45) is 0 Å². The van der Waals surface area contributed by atoms with Gasteiger partial charge in [-0.3, -0.25) is 9.69 Å². The second-order valence-corrected chi connectivity index (χ2v) is 11.5. The molecule has 1 N–H and O–H groups in total. The Kier molecular flexibility index (Phi) is 11.5. The Morgan fingerprint density at radius 1 is 1.00 bits per heavy atom. The first kappa shape index (κ1) is 31.7. The molecule has 9 heteroatoms. The Balaban J connectivity index is 1.68. The van der Waals surface area contributed by atoms with Crippen LogP contribution in [-0.4, -0.2) is 61.2 Å². The van der Waals surface area contributed by atoms with Crippen LogP contribution in [0, 0.1) is 18.6 Å². The Morgan fingerprint density at radius 3 is 2.36 bits per heavy atom. The van der Waals surface area contributed by atoms with Gasteiger partial charge in [0.1, 0.15) is 17.7 Å². The number of hydrogen-bond donors (Lipinski definition) is 1. The van der Waals surface area contributed by atoms with Crippen LogP contribution in [0.2, 0.25) is 0 Å². The predicted octanol–water partition coefficient (Wildman–Crippen LogP) is 6.15. The lowest BCUT2D eigenvalue weighted by atomic mass is 9.93. The third-order valence-electron chi connectivity index (χ3n) is 7.57. The summed E-state index contributed by atoms with van der Waals surface area (Å²) in [4.78, 5) is 28.2. The number of nitrogens with one attached hydrogen (secondary N) is 1.